The van der Waals surface area contributed by atoms with Gasteiger partial charge in [-0.05, 0) is 30.7 Å². The van der Waals surface area contributed by atoms with E-state index in [0.717, 1.165) is 16.8 Å². The van der Waals surface area contributed by atoms with Crippen LogP contribution in [-0.4, -0.2) is 9.97 Å². The van der Waals surface area contributed by atoms with Gasteiger partial charge >= 0.3 is 0 Å². The Labute approximate surface area is 99.3 Å². The van der Waals surface area contributed by atoms with Gasteiger partial charge in [0.1, 0.15) is 0 Å². The molecule has 0 radical (unpaired) electrons. The number of aromatic amines is 1. The number of hydrogen-bond acceptors (Lipinski definition) is 2. The Hall–Kier alpha value is -2.29. The Balaban J connectivity index is 2.27. The highest BCUT2D eigenvalue weighted by molar-refractivity contribution is 5.97. The smallest absolute Gasteiger partial charge is 0.0725 e. The summed E-state index contributed by atoms with van der Waals surface area (Å²) in [4.78, 5) is 7.64. The van der Waals surface area contributed by atoms with Gasteiger partial charge in [-0.3, -0.25) is 4.98 Å². The molecule has 0 aliphatic heterocycles. The molecular formula is C14H13N3. The molecule has 3 rings (SSSR count). The molecule has 0 bridgehead atoms. The maximum Gasteiger partial charge on any atom is 0.0725 e. The number of benzene rings is 1. The first-order valence-electron chi connectivity index (χ1n) is 5.54. The lowest BCUT2D eigenvalue weighted by atomic mass is 10.1. The van der Waals surface area contributed by atoms with Gasteiger partial charge in [0.25, 0.3) is 0 Å². The van der Waals surface area contributed by atoms with Crippen molar-refractivity contribution in [1.82, 2.24) is 9.97 Å². The van der Waals surface area contributed by atoms with Gasteiger partial charge in [-0.15, -0.1) is 0 Å². The zero-order valence-electron chi connectivity index (χ0n) is 9.57. The molecule has 84 valence electrons. The second kappa shape index (κ2) is 3.63. The third kappa shape index (κ3) is 1.56. The van der Waals surface area contributed by atoms with Gasteiger partial charge in [-0.1, -0.05) is 12.1 Å². The van der Waals surface area contributed by atoms with E-state index in [1.165, 1.54) is 10.9 Å². The lowest BCUT2D eigenvalue weighted by Crippen LogP contribution is -1.87. The molecule has 0 unspecified atom stereocenters. The Morgan fingerprint density at radius 1 is 1.18 bits per heavy atom. The van der Waals surface area contributed by atoms with Crippen LogP contribution in [0, 0.1) is 6.92 Å². The number of nitrogens with one attached hydrogen (secondary N) is 1. The Morgan fingerprint density at radius 2 is 2.06 bits per heavy atom. The van der Waals surface area contributed by atoms with Crippen molar-refractivity contribution in [1.29, 1.82) is 0 Å². The molecule has 0 saturated heterocycles. The van der Waals surface area contributed by atoms with Crippen LogP contribution in [0.2, 0.25) is 0 Å². The Bertz CT molecular complexity index is 666. The van der Waals surface area contributed by atoms with Crippen molar-refractivity contribution in [2.24, 2.45) is 0 Å². The summed E-state index contributed by atoms with van der Waals surface area (Å²) in [5.74, 6) is 0. The van der Waals surface area contributed by atoms with Crippen molar-refractivity contribution in [2.45, 2.75) is 6.92 Å². The predicted molar refractivity (Wildman–Crippen MR) is 70.7 cm³/mol. The first kappa shape index (κ1) is 9.90. The van der Waals surface area contributed by atoms with Gasteiger partial charge in [0, 0.05) is 22.7 Å². The molecule has 0 aliphatic rings. The van der Waals surface area contributed by atoms with E-state index in [1.807, 2.05) is 24.4 Å². The minimum atomic E-state index is 0.685. The van der Waals surface area contributed by atoms with E-state index in [9.17, 15) is 0 Å². The van der Waals surface area contributed by atoms with Crippen molar-refractivity contribution < 1.29 is 0 Å². The van der Waals surface area contributed by atoms with Crippen LogP contribution in [0.4, 0.5) is 5.69 Å². The maximum atomic E-state index is 5.65. The van der Waals surface area contributed by atoms with Crippen LogP contribution in [0.25, 0.3) is 22.2 Å². The summed E-state index contributed by atoms with van der Waals surface area (Å²) in [7, 11) is 0. The Morgan fingerprint density at radius 3 is 2.82 bits per heavy atom. The number of anilines is 1. The van der Waals surface area contributed by atoms with Crippen molar-refractivity contribution >= 4 is 16.6 Å². The standard InChI is InChI=1S/C14H13N3/c1-9-3-2-4-13-14(9)11(8-17-13)12-6-5-10(15)7-16-12/h2-8,17H,15H2,1H3. The van der Waals surface area contributed by atoms with Crippen molar-refractivity contribution in [3.8, 4) is 11.3 Å². The fraction of sp³-hybridized carbons (Fsp3) is 0.0714. The van der Waals surface area contributed by atoms with E-state index >= 15 is 0 Å². The van der Waals surface area contributed by atoms with Crippen LogP contribution in [0.15, 0.2) is 42.7 Å². The SMILES string of the molecule is Cc1cccc2[nH]cc(-c3ccc(N)cn3)c12. The highest BCUT2D eigenvalue weighted by Gasteiger charge is 2.08. The number of hydrogen-bond donors (Lipinski definition) is 2. The van der Waals surface area contributed by atoms with Gasteiger partial charge in [0.2, 0.25) is 0 Å². The molecule has 0 saturated carbocycles. The Kier molecular flexibility index (Phi) is 2.11. The minimum absolute atomic E-state index is 0.685. The summed E-state index contributed by atoms with van der Waals surface area (Å²) < 4.78 is 0. The summed E-state index contributed by atoms with van der Waals surface area (Å²) in [5.41, 5.74) is 10.8. The first-order valence-corrected chi connectivity index (χ1v) is 5.54. The van der Waals surface area contributed by atoms with Gasteiger partial charge in [-0.25, -0.2) is 0 Å². The molecule has 2 aromatic heterocycles. The second-order valence-electron chi connectivity index (χ2n) is 4.18. The van der Waals surface area contributed by atoms with Gasteiger partial charge in [0.15, 0.2) is 0 Å². The van der Waals surface area contributed by atoms with Crippen LogP contribution in [0.5, 0.6) is 0 Å². The molecule has 0 fully saturated rings. The molecule has 3 N–H and O–H groups in total. The molecule has 0 amide bonds. The van der Waals surface area contributed by atoms with Crippen molar-refractivity contribution in [3.05, 3.63) is 48.3 Å². The molecule has 0 aliphatic carbocycles. The molecular weight excluding hydrogens is 210 g/mol. The largest absolute Gasteiger partial charge is 0.397 e. The number of H-pyrrole nitrogens is 1. The lowest BCUT2D eigenvalue weighted by molar-refractivity contribution is 1.33. The topological polar surface area (TPSA) is 54.7 Å². The van der Waals surface area contributed by atoms with Crippen LogP contribution in [0.3, 0.4) is 0 Å². The van der Waals surface area contributed by atoms with Gasteiger partial charge in [0.05, 0.1) is 17.6 Å². The number of nitrogens with two attached hydrogens (primary N) is 1. The number of pyridine rings is 1. The number of fused-ring (bicyclic) bond motifs is 1. The summed E-state index contributed by atoms with van der Waals surface area (Å²) in [6, 6.07) is 10.1. The zero-order chi connectivity index (χ0) is 11.8. The van der Waals surface area contributed by atoms with E-state index in [2.05, 4.69) is 29.0 Å². The second-order valence-corrected chi connectivity index (χ2v) is 4.18. The molecule has 3 aromatic rings. The molecule has 0 spiro atoms. The fourth-order valence-electron chi connectivity index (χ4n) is 2.13. The van der Waals surface area contributed by atoms with E-state index in [1.54, 1.807) is 6.20 Å². The normalized spacial score (nSPS) is 10.9. The lowest BCUT2D eigenvalue weighted by Gasteiger charge is -2.02. The summed E-state index contributed by atoms with van der Waals surface area (Å²) in [5, 5.41) is 1.23. The van der Waals surface area contributed by atoms with Crippen LogP contribution in [-0.2, 0) is 0 Å². The van der Waals surface area contributed by atoms with E-state index < -0.39 is 0 Å². The van der Waals surface area contributed by atoms with Crippen molar-refractivity contribution in [2.75, 3.05) is 5.73 Å². The molecule has 3 nitrogen and oxygen atoms in total. The first-order chi connectivity index (χ1) is 8.25. The maximum absolute atomic E-state index is 5.65. The third-order valence-electron chi connectivity index (χ3n) is 2.98. The zero-order valence-corrected chi connectivity index (χ0v) is 9.57. The fourth-order valence-corrected chi connectivity index (χ4v) is 2.13. The summed E-state index contributed by atoms with van der Waals surface area (Å²) in [6.45, 7) is 2.11. The van der Waals surface area contributed by atoms with Crippen LogP contribution < -0.4 is 5.73 Å². The number of nitrogen functional groups attached to an aromatic ring is 1. The predicted octanol–water partition coefficient (Wildman–Crippen LogP) is 3.12. The number of aromatic nitrogens is 2. The quantitative estimate of drug-likeness (QED) is 0.666. The molecule has 3 heteroatoms. The summed E-state index contributed by atoms with van der Waals surface area (Å²) >= 11 is 0. The van der Waals surface area contributed by atoms with Gasteiger partial charge in [-0.2, -0.15) is 0 Å². The highest BCUT2D eigenvalue weighted by atomic mass is 14.7. The van der Waals surface area contributed by atoms with E-state index in [-0.39, 0.29) is 0 Å². The van der Waals surface area contributed by atoms with Gasteiger partial charge < -0.3 is 10.7 Å². The monoisotopic (exact) mass is 223 g/mol. The number of nitrogens with zero attached hydrogens (tertiary/aromatic N) is 1. The van der Waals surface area contributed by atoms with Crippen LogP contribution >= 0.6 is 0 Å². The van der Waals surface area contributed by atoms with E-state index in [4.69, 9.17) is 5.73 Å². The third-order valence-corrected chi connectivity index (χ3v) is 2.98. The molecule has 2 heterocycles. The molecule has 17 heavy (non-hydrogen) atoms. The molecule has 1 aromatic carbocycles. The number of rotatable bonds is 1. The average Bonchev–Trinajstić information content (AvgIpc) is 2.75. The highest BCUT2D eigenvalue weighted by Crippen LogP contribution is 2.29. The number of aryl methyl sites for hydroxylation is 1. The van der Waals surface area contributed by atoms with Crippen molar-refractivity contribution in [3.63, 3.8) is 0 Å². The average molecular weight is 223 g/mol. The van der Waals surface area contributed by atoms with Crippen LogP contribution in [0.1, 0.15) is 5.56 Å². The minimum Gasteiger partial charge on any atom is -0.397 e. The molecule has 0 atom stereocenters. The van der Waals surface area contributed by atoms with E-state index in [0.29, 0.717) is 5.69 Å². The summed E-state index contributed by atoms with van der Waals surface area (Å²) in [6.07, 6.45) is 3.68.